The van der Waals surface area contributed by atoms with Crippen LogP contribution < -0.4 is 15.8 Å². The highest BCUT2D eigenvalue weighted by Gasteiger charge is 2.13. The summed E-state index contributed by atoms with van der Waals surface area (Å²) in [6.07, 6.45) is 1.63. The van der Waals surface area contributed by atoms with E-state index in [9.17, 15) is 9.90 Å². The van der Waals surface area contributed by atoms with Gasteiger partial charge in [0.2, 0.25) is 0 Å². The third-order valence-electron chi connectivity index (χ3n) is 4.44. The molecule has 0 atom stereocenters. The van der Waals surface area contributed by atoms with Crippen LogP contribution in [0.5, 0.6) is 0 Å². The van der Waals surface area contributed by atoms with Crippen molar-refractivity contribution < 1.29 is 10.0 Å². The molecule has 0 saturated carbocycles. The summed E-state index contributed by atoms with van der Waals surface area (Å²) in [6.45, 7) is 5.02. The molecule has 0 bridgehead atoms. The third-order valence-corrected chi connectivity index (χ3v) is 4.84. The number of aliphatic hydroxyl groups excluding tert-OH is 1. The Morgan fingerprint density at radius 3 is 2.78 bits per heavy atom. The van der Waals surface area contributed by atoms with Crippen molar-refractivity contribution in [2.45, 2.75) is 26.3 Å². The highest BCUT2D eigenvalue weighted by molar-refractivity contribution is 7.80. The summed E-state index contributed by atoms with van der Waals surface area (Å²) < 4.78 is 0. The van der Waals surface area contributed by atoms with Gasteiger partial charge in [0.25, 0.3) is 5.56 Å². The Hall–Kier alpha value is -1.96. The van der Waals surface area contributed by atoms with Crippen LogP contribution in [0.25, 0.3) is 10.9 Å². The Kier molecular flexibility index (Phi) is 8.22. The Morgan fingerprint density at radius 2 is 2.07 bits per heavy atom. The van der Waals surface area contributed by atoms with Crippen molar-refractivity contribution in [3.8, 4) is 0 Å². The first-order valence-electron chi connectivity index (χ1n) is 9.46. The molecule has 148 valence electrons. The first-order chi connectivity index (χ1) is 12.9. The van der Waals surface area contributed by atoms with Gasteiger partial charge in [-0.05, 0) is 49.1 Å². The number of aryl methyl sites for hydroxylation is 1. The molecular weight excluding hydrogens is 360 g/mol. The molecule has 0 radical (unpaired) electrons. The van der Waals surface area contributed by atoms with E-state index >= 15 is 0 Å². The molecule has 4 N–H and O–H groups in total. The van der Waals surface area contributed by atoms with E-state index in [4.69, 9.17) is 12.2 Å². The topological polar surface area (TPSA) is 72.8 Å². The molecule has 6 nitrogen and oxygen atoms in total. The summed E-state index contributed by atoms with van der Waals surface area (Å²) in [7, 11) is 4.25. The number of H-pyrrole nitrogens is 1. The molecule has 0 aliphatic rings. The summed E-state index contributed by atoms with van der Waals surface area (Å²) in [6, 6.07) is 7.91. The Morgan fingerprint density at radius 1 is 1.30 bits per heavy atom. The number of rotatable bonds is 9. The lowest BCUT2D eigenvalue weighted by Crippen LogP contribution is -3.05. The van der Waals surface area contributed by atoms with E-state index < -0.39 is 0 Å². The predicted octanol–water partition coefficient (Wildman–Crippen LogP) is 0.430. The van der Waals surface area contributed by atoms with Crippen molar-refractivity contribution in [3.63, 3.8) is 0 Å². The summed E-state index contributed by atoms with van der Waals surface area (Å²) in [5.41, 5.74) is 2.56. The number of nitrogens with one attached hydrogen (secondary N) is 3. The minimum Gasteiger partial charge on any atom is -0.396 e. The zero-order valence-electron chi connectivity index (χ0n) is 16.5. The van der Waals surface area contributed by atoms with Crippen molar-refractivity contribution >= 4 is 28.2 Å². The van der Waals surface area contributed by atoms with Gasteiger partial charge in [-0.1, -0.05) is 11.6 Å². The number of aliphatic hydroxyl groups is 1. The second-order valence-corrected chi connectivity index (χ2v) is 7.64. The average molecular weight is 392 g/mol. The molecule has 0 aliphatic carbocycles. The van der Waals surface area contributed by atoms with Crippen LogP contribution in [-0.2, 0) is 6.54 Å². The Labute approximate surface area is 166 Å². The molecule has 1 aromatic carbocycles. The van der Waals surface area contributed by atoms with Crippen molar-refractivity contribution in [2.24, 2.45) is 0 Å². The molecule has 1 heterocycles. The molecule has 0 spiro atoms. The molecular formula is C20H31N4O2S+. The summed E-state index contributed by atoms with van der Waals surface area (Å²) in [4.78, 5) is 18.8. The van der Waals surface area contributed by atoms with E-state index in [0.717, 1.165) is 36.0 Å². The lowest BCUT2D eigenvalue weighted by Gasteiger charge is -2.25. The maximum absolute atomic E-state index is 12.5. The lowest BCUT2D eigenvalue weighted by molar-refractivity contribution is -0.858. The maximum atomic E-state index is 12.5. The smallest absolute Gasteiger partial charge is 0.253 e. The number of nitrogens with zero attached hydrogens (tertiary/aromatic N) is 1. The number of hydrogen-bond acceptors (Lipinski definition) is 3. The number of hydrogen-bond donors (Lipinski definition) is 4. The first kappa shape index (κ1) is 21.3. The van der Waals surface area contributed by atoms with E-state index in [1.165, 1.54) is 4.90 Å². The maximum Gasteiger partial charge on any atom is 0.253 e. The second kappa shape index (κ2) is 10.4. The highest BCUT2D eigenvalue weighted by atomic mass is 32.1. The van der Waals surface area contributed by atoms with Gasteiger partial charge >= 0.3 is 0 Å². The summed E-state index contributed by atoms with van der Waals surface area (Å²) in [5, 5.41) is 14.1. The quantitative estimate of drug-likeness (QED) is 0.369. The Balaban J connectivity index is 2.12. The predicted molar refractivity (Wildman–Crippen MR) is 114 cm³/mol. The van der Waals surface area contributed by atoms with Gasteiger partial charge in [0, 0.05) is 37.2 Å². The van der Waals surface area contributed by atoms with Crippen LogP contribution in [0.15, 0.2) is 29.1 Å². The SMILES string of the molecule is Cc1ccc2[nH]c(=O)c(CN(CCCO)C(=S)NCCC[NH+](C)C)cc2c1. The lowest BCUT2D eigenvalue weighted by atomic mass is 10.1. The fourth-order valence-electron chi connectivity index (χ4n) is 2.96. The number of pyridine rings is 1. The molecule has 7 heteroatoms. The first-order valence-corrected chi connectivity index (χ1v) is 9.86. The van der Waals surface area contributed by atoms with Gasteiger partial charge in [0.1, 0.15) is 0 Å². The van der Waals surface area contributed by atoms with Crippen molar-refractivity contribution in [3.05, 3.63) is 45.7 Å². The number of aromatic nitrogens is 1. The molecule has 0 fully saturated rings. The van der Waals surface area contributed by atoms with Gasteiger partial charge in [-0.2, -0.15) is 0 Å². The molecule has 0 unspecified atom stereocenters. The van der Waals surface area contributed by atoms with E-state index in [2.05, 4.69) is 30.5 Å². The molecule has 0 saturated heterocycles. The van der Waals surface area contributed by atoms with E-state index in [-0.39, 0.29) is 12.2 Å². The zero-order valence-corrected chi connectivity index (χ0v) is 17.3. The van der Waals surface area contributed by atoms with Gasteiger partial charge in [-0.25, -0.2) is 0 Å². The largest absolute Gasteiger partial charge is 0.396 e. The van der Waals surface area contributed by atoms with Crippen LogP contribution in [0.2, 0.25) is 0 Å². The minimum atomic E-state index is -0.0978. The molecule has 0 aliphatic heterocycles. The van der Waals surface area contributed by atoms with Gasteiger partial charge in [0.05, 0.1) is 27.2 Å². The molecule has 0 amide bonds. The van der Waals surface area contributed by atoms with Crippen LogP contribution in [-0.4, -0.2) is 60.4 Å². The van der Waals surface area contributed by atoms with Crippen LogP contribution in [0.4, 0.5) is 0 Å². The summed E-state index contributed by atoms with van der Waals surface area (Å²) in [5.74, 6) is 0. The van der Waals surface area contributed by atoms with Crippen molar-refractivity contribution in [2.75, 3.05) is 40.3 Å². The second-order valence-electron chi connectivity index (χ2n) is 7.26. The van der Waals surface area contributed by atoms with Gasteiger partial charge in [0.15, 0.2) is 5.11 Å². The van der Waals surface area contributed by atoms with Crippen molar-refractivity contribution in [1.82, 2.24) is 15.2 Å². The number of aromatic amines is 1. The van der Waals surface area contributed by atoms with Crippen molar-refractivity contribution in [1.29, 1.82) is 0 Å². The van der Waals surface area contributed by atoms with E-state index in [0.29, 0.717) is 30.2 Å². The number of quaternary nitrogens is 1. The van der Waals surface area contributed by atoms with Gasteiger partial charge in [-0.15, -0.1) is 0 Å². The average Bonchev–Trinajstić information content (AvgIpc) is 2.62. The number of thiocarbonyl (C=S) groups is 1. The van der Waals surface area contributed by atoms with E-state index in [1.54, 1.807) is 0 Å². The Bertz CT molecular complexity index is 819. The minimum absolute atomic E-state index is 0.0936. The van der Waals surface area contributed by atoms with Gasteiger partial charge < -0.3 is 25.2 Å². The van der Waals surface area contributed by atoms with Crippen LogP contribution in [0.1, 0.15) is 24.0 Å². The standard InChI is InChI=1S/C20H30N4O2S/c1-15-6-7-18-16(12-15)13-17(19(26)22-18)14-24(10-5-11-25)20(27)21-8-4-9-23(2)3/h6-7,12-13,25H,4-5,8-11,14H2,1-3H3,(H,21,27)(H,22,26)/p+1. The fraction of sp³-hybridized carbons (Fsp3) is 0.500. The molecule has 2 rings (SSSR count). The molecule has 2 aromatic rings. The number of fused-ring (bicyclic) bond motifs is 1. The zero-order chi connectivity index (χ0) is 19.8. The van der Waals surface area contributed by atoms with E-state index in [1.807, 2.05) is 30.0 Å². The third kappa shape index (κ3) is 6.61. The summed E-state index contributed by atoms with van der Waals surface area (Å²) >= 11 is 5.54. The highest BCUT2D eigenvalue weighted by Crippen LogP contribution is 2.14. The normalized spacial score (nSPS) is 11.1. The monoisotopic (exact) mass is 391 g/mol. The molecule has 27 heavy (non-hydrogen) atoms. The van der Waals surface area contributed by atoms with Crippen LogP contribution in [0, 0.1) is 6.92 Å². The van der Waals surface area contributed by atoms with Crippen LogP contribution in [0.3, 0.4) is 0 Å². The fourth-order valence-corrected chi connectivity index (χ4v) is 3.22. The number of benzene rings is 1. The van der Waals surface area contributed by atoms with Gasteiger partial charge in [-0.3, -0.25) is 4.79 Å². The molecule has 1 aromatic heterocycles. The van der Waals surface area contributed by atoms with Crippen LogP contribution >= 0.6 is 12.2 Å².